The molecule has 3 heteroatoms. The van der Waals surface area contributed by atoms with Crippen molar-refractivity contribution in [1.29, 1.82) is 0 Å². The van der Waals surface area contributed by atoms with Crippen LogP contribution in [-0.4, -0.2) is 19.4 Å². The van der Waals surface area contributed by atoms with Crippen molar-refractivity contribution in [2.24, 2.45) is 0 Å². The Balaban J connectivity index is 1.69. The lowest BCUT2D eigenvalue weighted by Gasteiger charge is -2.19. The number of benzene rings is 1. The molecule has 1 aromatic rings. The average molecular weight is 231 g/mol. The molecule has 0 aromatic heterocycles. The summed E-state index contributed by atoms with van der Waals surface area (Å²) in [6, 6.07) is 6.58. The molecular weight excluding hydrogens is 214 g/mol. The Morgan fingerprint density at radius 2 is 2.12 bits per heavy atom. The van der Waals surface area contributed by atoms with E-state index >= 15 is 0 Å². The van der Waals surface area contributed by atoms with Crippen molar-refractivity contribution in [3.05, 3.63) is 29.8 Å². The Kier molecular flexibility index (Phi) is 3.01. The summed E-state index contributed by atoms with van der Waals surface area (Å²) >= 11 is 0. The van der Waals surface area contributed by atoms with Gasteiger partial charge in [0.25, 0.3) is 0 Å². The van der Waals surface area contributed by atoms with E-state index in [0.717, 1.165) is 18.0 Å². The predicted octanol–water partition coefficient (Wildman–Crippen LogP) is 2.57. The Morgan fingerprint density at radius 3 is 3.00 bits per heavy atom. The predicted molar refractivity (Wildman–Crippen MR) is 67.2 cm³/mol. The Morgan fingerprint density at radius 1 is 1.18 bits per heavy atom. The Bertz CT molecular complexity index is 422. The molecule has 90 valence electrons. The van der Waals surface area contributed by atoms with E-state index in [2.05, 4.69) is 23.5 Å². The molecule has 0 amide bonds. The highest BCUT2D eigenvalue weighted by Crippen LogP contribution is 2.32. The van der Waals surface area contributed by atoms with Gasteiger partial charge < -0.3 is 14.8 Å². The topological polar surface area (TPSA) is 30.5 Å². The molecule has 1 N–H and O–H groups in total. The third-order valence-electron chi connectivity index (χ3n) is 3.27. The quantitative estimate of drug-likeness (QED) is 0.848. The van der Waals surface area contributed by atoms with Crippen molar-refractivity contribution >= 4 is 6.08 Å². The smallest absolute Gasteiger partial charge is 0.231 e. The second-order valence-electron chi connectivity index (χ2n) is 4.53. The lowest BCUT2D eigenvalue weighted by molar-refractivity contribution is 0.174. The van der Waals surface area contributed by atoms with Gasteiger partial charge in [-0.05, 0) is 37.1 Å². The normalized spacial score (nSPS) is 23.2. The number of hydrogen-bond acceptors (Lipinski definition) is 3. The van der Waals surface area contributed by atoms with Crippen molar-refractivity contribution in [1.82, 2.24) is 5.32 Å². The maximum absolute atomic E-state index is 5.36. The molecule has 1 saturated heterocycles. The minimum Gasteiger partial charge on any atom is -0.454 e. The molecule has 1 fully saturated rings. The fourth-order valence-corrected chi connectivity index (χ4v) is 2.29. The zero-order valence-electron chi connectivity index (χ0n) is 9.82. The van der Waals surface area contributed by atoms with E-state index in [4.69, 9.17) is 9.47 Å². The van der Waals surface area contributed by atoms with Gasteiger partial charge in [0.15, 0.2) is 11.5 Å². The molecule has 1 aromatic carbocycles. The second kappa shape index (κ2) is 4.80. The number of ether oxygens (including phenoxy) is 2. The van der Waals surface area contributed by atoms with Crippen LogP contribution in [-0.2, 0) is 0 Å². The van der Waals surface area contributed by atoms with Crippen molar-refractivity contribution in [3.8, 4) is 11.5 Å². The molecule has 3 rings (SSSR count). The first-order valence-corrected chi connectivity index (χ1v) is 6.23. The van der Waals surface area contributed by atoms with Gasteiger partial charge in [0, 0.05) is 6.04 Å². The van der Waals surface area contributed by atoms with Crippen LogP contribution < -0.4 is 14.8 Å². The van der Waals surface area contributed by atoms with E-state index in [1.54, 1.807) is 0 Å². The highest BCUT2D eigenvalue weighted by atomic mass is 16.7. The first-order chi connectivity index (χ1) is 8.42. The third-order valence-corrected chi connectivity index (χ3v) is 3.27. The lowest BCUT2D eigenvalue weighted by atomic mass is 10.0. The summed E-state index contributed by atoms with van der Waals surface area (Å²) in [5.74, 6) is 1.70. The van der Waals surface area contributed by atoms with E-state index in [9.17, 15) is 0 Å². The minimum absolute atomic E-state index is 0.340. The van der Waals surface area contributed by atoms with E-state index in [0.29, 0.717) is 12.8 Å². The summed E-state index contributed by atoms with van der Waals surface area (Å²) in [5.41, 5.74) is 1.17. The van der Waals surface area contributed by atoms with Gasteiger partial charge >= 0.3 is 0 Å². The van der Waals surface area contributed by atoms with Gasteiger partial charge in [-0.1, -0.05) is 24.6 Å². The minimum atomic E-state index is 0.340. The molecule has 2 aliphatic rings. The van der Waals surface area contributed by atoms with Gasteiger partial charge in [0.2, 0.25) is 6.79 Å². The summed E-state index contributed by atoms with van der Waals surface area (Å²) in [6.45, 7) is 1.48. The molecular formula is C14H17NO2. The molecule has 0 saturated carbocycles. The van der Waals surface area contributed by atoms with Crippen LogP contribution in [0.3, 0.4) is 0 Å². The van der Waals surface area contributed by atoms with Gasteiger partial charge in [-0.15, -0.1) is 0 Å². The van der Waals surface area contributed by atoms with Gasteiger partial charge in [-0.3, -0.25) is 0 Å². The summed E-state index contributed by atoms with van der Waals surface area (Å²) in [6.07, 6.45) is 8.26. The zero-order valence-corrected chi connectivity index (χ0v) is 9.82. The summed E-state index contributed by atoms with van der Waals surface area (Å²) < 4.78 is 10.6. The summed E-state index contributed by atoms with van der Waals surface area (Å²) in [4.78, 5) is 0. The average Bonchev–Trinajstić information content (AvgIpc) is 2.85. The number of fused-ring (bicyclic) bond motifs is 1. The number of hydrogen-bond donors (Lipinski definition) is 1. The zero-order chi connectivity index (χ0) is 11.5. The van der Waals surface area contributed by atoms with Gasteiger partial charge in [-0.2, -0.15) is 0 Å². The molecule has 0 bridgehead atoms. The molecule has 3 nitrogen and oxygen atoms in total. The first kappa shape index (κ1) is 10.7. The number of piperidine rings is 1. The fourth-order valence-electron chi connectivity index (χ4n) is 2.29. The molecule has 2 heterocycles. The molecule has 1 atom stereocenters. The lowest BCUT2D eigenvalue weighted by Crippen LogP contribution is -2.31. The summed E-state index contributed by atoms with van der Waals surface area (Å²) in [7, 11) is 0. The Labute approximate surface area is 101 Å². The van der Waals surface area contributed by atoms with Gasteiger partial charge in [-0.25, -0.2) is 0 Å². The van der Waals surface area contributed by atoms with Crippen molar-refractivity contribution in [2.45, 2.75) is 25.3 Å². The third kappa shape index (κ3) is 2.44. The molecule has 1 unspecified atom stereocenters. The van der Waals surface area contributed by atoms with Crippen LogP contribution in [0, 0.1) is 0 Å². The molecule has 2 aliphatic heterocycles. The molecule has 0 radical (unpaired) electrons. The van der Waals surface area contributed by atoms with Crippen LogP contribution in [0.2, 0.25) is 0 Å². The first-order valence-electron chi connectivity index (χ1n) is 6.23. The number of rotatable bonds is 2. The fraction of sp³-hybridized carbons (Fsp3) is 0.429. The van der Waals surface area contributed by atoms with E-state index in [-0.39, 0.29) is 0 Å². The second-order valence-corrected chi connectivity index (χ2v) is 4.53. The molecule has 0 aliphatic carbocycles. The van der Waals surface area contributed by atoms with E-state index in [1.165, 1.54) is 24.8 Å². The van der Waals surface area contributed by atoms with Crippen molar-refractivity contribution < 1.29 is 9.47 Å². The summed E-state index contributed by atoms with van der Waals surface area (Å²) in [5, 5.41) is 3.50. The standard InChI is InChI=1S/C14H17NO2/c1-2-8-15-12(3-1)6-4-11-5-7-13-14(9-11)17-10-16-13/h4-7,9,12,15H,1-3,8,10H2/b6-4+. The maximum Gasteiger partial charge on any atom is 0.231 e. The molecule has 0 spiro atoms. The molecule has 17 heavy (non-hydrogen) atoms. The Hall–Kier alpha value is -1.48. The highest BCUT2D eigenvalue weighted by molar-refractivity contribution is 5.56. The van der Waals surface area contributed by atoms with Crippen LogP contribution in [0.5, 0.6) is 11.5 Å². The van der Waals surface area contributed by atoms with Crippen LogP contribution >= 0.6 is 0 Å². The van der Waals surface area contributed by atoms with Crippen molar-refractivity contribution in [2.75, 3.05) is 13.3 Å². The van der Waals surface area contributed by atoms with E-state index < -0.39 is 0 Å². The largest absolute Gasteiger partial charge is 0.454 e. The maximum atomic E-state index is 5.36. The van der Waals surface area contributed by atoms with E-state index in [1.807, 2.05) is 12.1 Å². The van der Waals surface area contributed by atoms with Crippen LogP contribution in [0.25, 0.3) is 6.08 Å². The van der Waals surface area contributed by atoms with Gasteiger partial charge in [0.05, 0.1) is 0 Å². The van der Waals surface area contributed by atoms with Gasteiger partial charge in [0.1, 0.15) is 0 Å². The SMILES string of the molecule is C(=C\C1CCCCN1)/c1ccc2c(c1)OCO2. The number of nitrogens with one attached hydrogen (secondary N) is 1. The van der Waals surface area contributed by atoms with Crippen LogP contribution in [0.1, 0.15) is 24.8 Å². The monoisotopic (exact) mass is 231 g/mol. The highest BCUT2D eigenvalue weighted by Gasteiger charge is 2.13. The van der Waals surface area contributed by atoms with Crippen molar-refractivity contribution in [3.63, 3.8) is 0 Å². The van der Waals surface area contributed by atoms with Crippen LogP contribution in [0.15, 0.2) is 24.3 Å². The van der Waals surface area contributed by atoms with Crippen LogP contribution in [0.4, 0.5) is 0 Å².